The zero-order valence-electron chi connectivity index (χ0n) is 34.9. The second-order valence-corrected chi connectivity index (χ2v) is 18.2. The van der Waals surface area contributed by atoms with Crippen LogP contribution in [-0.2, 0) is 35.7 Å². The molecule has 6 aromatic rings. The van der Waals surface area contributed by atoms with E-state index >= 15 is 0 Å². The molecule has 56 heavy (non-hydrogen) atoms. The number of pyridine rings is 1. The summed E-state index contributed by atoms with van der Waals surface area (Å²) < 4.78 is 0. The molecule has 0 saturated heterocycles. The molecule has 0 aliphatic carbocycles. The van der Waals surface area contributed by atoms with E-state index in [9.17, 15) is 9.90 Å². The van der Waals surface area contributed by atoms with Crippen LogP contribution < -0.4 is 0 Å². The Bertz CT molecular complexity index is 2240. The molecule has 7 heteroatoms. The fourth-order valence-electron chi connectivity index (χ4n) is 5.53. The first-order chi connectivity index (χ1) is 25.6. The van der Waals surface area contributed by atoms with Crippen molar-refractivity contribution in [3.8, 4) is 45.4 Å². The Kier molecular flexibility index (Phi) is 13.4. The first-order valence-electron chi connectivity index (χ1n) is 18.9. The van der Waals surface area contributed by atoms with Gasteiger partial charge < -0.3 is 5.11 Å². The van der Waals surface area contributed by atoms with Crippen LogP contribution in [0.4, 0.5) is 0 Å². The molecule has 6 rings (SSSR count). The second-order valence-electron chi connectivity index (χ2n) is 18.2. The molecule has 0 amide bonds. The summed E-state index contributed by atoms with van der Waals surface area (Å²) in [4.78, 5) is 31.3. The number of hydrogen-bond donors (Lipinski definition) is 1. The SMILES string of the molecule is CC(C)(C)C(=O)C=C(O)C(C)(C)C.CC(C)(C)c1ccc(-c2nc(-c3ccc(C(C)(C)C)cc3)nc(-c3cc[c-]c(-c4ccc5ccccc5n4)c3)n2)cc1.[Ir]. The van der Waals surface area contributed by atoms with Gasteiger partial charge in [-0.05, 0) is 39.1 Å². The van der Waals surface area contributed by atoms with Gasteiger partial charge in [-0.1, -0.05) is 168 Å². The Labute approximate surface area is 347 Å². The fraction of sp³-hybridized carbons (Fsp3) is 0.327. The minimum atomic E-state index is -0.417. The van der Waals surface area contributed by atoms with Gasteiger partial charge in [0.25, 0.3) is 0 Å². The standard InChI is InChI=1S/C38H35N4.C11H20O2.Ir/c1-37(2,3)30-19-14-26(15-20-30)34-40-35(27-16-21-31(22-17-27)38(4,5)6)42-36(41-34)29-12-9-11-28(24-29)33-23-18-25-10-7-8-13-32(25)39-33;1-10(2,3)8(12)7-9(13)11(4,5)6;/h7-10,12-24H,1-6H3;7,12H,1-6H3;/q-1;;. The van der Waals surface area contributed by atoms with Gasteiger partial charge in [-0.3, -0.25) is 9.78 Å². The molecule has 0 saturated carbocycles. The van der Waals surface area contributed by atoms with Gasteiger partial charge in [-0.15, -0.1) is 29.8 Å². The predicted octanol–water partition coefficient (Wildman–Crippen LogP) is 12.6. The predicted molar refractivity (Wildman–Crippen MR) is 228 cm³/mol. The summed E-state index contributed by atoms with van der Waals surface area (Å²) >= 11 is 0. The van der Waals surface area contributed by atoms with Crippen molar-refractivity contribution in [2.45, 2.75) is 93.9 Å². The van der Waals surface area contributed by atoms with Gasteiger partial charge in [0.05, 0.1) is 5.52 Å². The summed E-state index contributed by atoms with van der Waals surface area (Å²) in [6.45, 7) is 24.4. The quantitative estimate of drug-likeness (QED) is 0.105. The number of para-hydroxylation sites is 1. The molecule has 6 nitrogen and oxygen atoms in total. The molecule has 2 aromatic heterocycles. The third-order valence-corrected chi connectivity index (χ3v) is 9.36. The number of carbonyl (C=O) groups excluding carboxylic acids is 1. The first-order valence-corrected chi connectivity index (χ1v) is 18.9. The molecular formula is C49H55IrN4O2-. The van der Waals surface area contributed by atoms with Gasteiger partial charge in [0.1, 0.15) is 11.6 Å². The Morgan fingerprint density at radius 2 is 1.05 bits per heavy atom. The molecular weight excluding hydrogens is 869 g/mol. The molecule has 0 unspecified atom stereocenters. The second kappa shape index (κ2) is 17.1. The summed E-state index contributed by atoms with van der Waals surface area (Å²) in [6, 6.07) is 38.7. The van der Waals surface area contributed by atoms with Crippen molar-refractivity contribution < 1.29 is 30.0 Å². The molecule has 0 bridgehead atoms. The molecule has 293 valence electrons. The minimum absolute atomic E-state index is 0. The fourth-order valence-corrected chi connectivity index (χ4v) is 5.53. The van der Waals surface area contributed by atoms with E-state index in [1.54, 1.807) is 0 Å². The molecule has 0 aliphatic rings. The zero-order chi connectivity index (χ0) is 40.3. The van der Waals surface area contributed by atoms with Crippen molar-refractivity contribution in [3.05, 3.63) is 132 Å². The molecule has 0 spiro atoms. The molecule has 2 heterocycles. The number of aliphatic hydroxyl groups excluding tert-OH is 1. The number of allylic oxidation sites excluding steroid dienone is 2. The summed E-state index contributed by atoms with van der Waals surface area (Å²) in [5.74, 6) is 2.01. The van der Waals surface area contributed by atoms with E-state index in [4.69, 9.17) is 19.9 Å². The van der Waals surface area contributed by atoms with E-state index in [2.05, 4.69) is 114 Å². The number of carbonyl (C=O) groups is 1. The summed E-state index contributed by atoms with van der Waals surface area (Å²) in [5.41, 5.74) is 7.42. The summed E-state index contributed by atoms with van der Waals surface area (Å²) in [7, 11) is 0. The Morgan fingerprint density at radius 3 is 1.52 bits per heavy atom. The van der Waals surface area contributed by atoms with Gasteiger partial charge in [-0.25, -0.2) is 15.0 Å². The zero-order valence-corrected chi connectivity index (χ0v) is 37.3. The number of hydrogen-bond acceptors (Lipinski definition) is 6. The average molecular weight is 924 g/mol. The van der Waals surface area contributed by atoms with Crippen molar-refractivity contribution in [1.29, 1.82) is 0 Å². The Morgan fingerprint density at radius 1 is 0.571 bits per heavy atom. The number of benzene rings is 4. The van der Waals surface area contributed by atoms with Crippen LogP contribution in [0.1, 0.15) is 94.2 Å². The molecule has 0 aliphatic heterocycles. The van der Waals surface area contributed by atoms with E-state index in [1.807, 2.05) is 77.9 Å². The maximum Gasteiger partial charge on any atom is 0.164 e. The number of aliphatic hydroxyl groups is 1. The molecule has 1 radical (unpaired) electrons. The summed E-state index contributed by atoms with van der Waals surface area (Å²) in [5, 5.41) is 10.7. The van der Waals surface area contributed by atoms with Crippen LogP contribution in [0.3, 0.4) is 0 Å². The molecule has 0 atom stereocenters. The van der Waals surface area contributed by atoms with Crippen LogP contribution in [0.5, 0.6) is 0 Å². The van der Waals surface area contributed by atoms with Gasteiger partial charge in [0, 0.05) is 48.1 Å². The Balaban J connectivity index is 0.000000429. The normalized spacial score (nSPS) is 12.4. The maximum absolute atomic E-state index is 11.5. The maximum atomic E-state index is 11.5. The van der Waals surface area contributed by atoms with E-state index < -0.39 is 5.41 Å². The van der Waals surface area contributed by atoms with E-state index in [1.165, 1.54) is 17.2 Å². The van der Waals surface area contributed by atoms with E-state index in [0.717, 1.165) is 38.9 Å². The van der Waals surface area contributed by atoms with Gasteiger partial charge >= 0.3 is 0 Å². The molecule has 1 N–H and O–H groups in total. The van der Waals surface area contributed by atoms with Gasteiger partial charge in [-0.2, -0.15) is 0 Å². The number of ketones is 1. The molecule has 4 aromatic carbocycles. The van der Waals surface area contributed by atoms with Crippen molar-refractivity contribution in [1.82, 2.24) is 19.9 Å². The van der Waals surface area contributed by atoms with Crippen molar-refractivity contribution in [3.63, 3.8) is 0 Å². The first kappa shape index (κ1) is 43.9. The van der Waals surface area contributed by atoms with Crippen LogP contribution in [0.25, 0.3) is 56.3 Å². The van der Waals surface area contributed by atoms with Crippen molar-refractivity contribution in [2.24, 2.45) is 10.8 Å². The average Bonchev–Trinajstić information content (AvgIpc) is 3.13. The number of aromatic nitrogens is 4. The van der Waals surface area contributed by atoms with Crippen LogP contribution in [0, 0.1) is 16.9 Å². The van der Waals surface area contributed by atoms with Crippen molar-refractivity contribution in [2.75, 3.05) is 0 Å². The van der Waals surface area contributed by atoms with Crippen molar-refractivity contribution >= 4 is 16.7 Å². The number of fused-ring (bicyclic) bond motifs is 1. The minimum Gasteiger partial charge on any atom is -0.512 e. The third-order valence-electron chi connectivity index (χ3n) is 9.36. The third kappa shape index (κ3) is 11.1. The topological polar surface area (TPSA) is 88.9 Å². The number of nitrogens with zero attached hydrogens (tertiary/aromatic N) is 4. The smallest absolute Gasteiger partial charge is 0.164 e. The van der Waals surface area contributed by atoms with E-state index in [0.29, 0.717) is 17.5 Å². The number of rotatable bonds is 5. The largest absolute Gasteiger partial charge is 0.512 e. The summed E-state index contributed by atoms with van der Waals surface area (Å²) in [6.07, 6.45) is 1.33. The Hall–Kier alpha value is -4.84. The van der Waals surface area contributed by atoms with Crippen LogP contribution in [-0.4, -0.2) is 30.8 Å². The van der Waals surface area contributed by atoms with Crippen LogP contribution in [0.15, 0.2) is 115 Å². The monoisotopic (exact) mass is 924 g/mol. The van der Waals surface area contributed by atoms with Crippen LogP contribution >= 0.6 is 0 Å². The van der Waals surface area contributed by atoms with Gasteiger partial charge in [0.2, 0.25) is 0 Å². The van der Waals surface area contributed by atoms with Crippen LogP contribution in [0.2, 0.25) is 0 Å². The molecule has 0 fully saturated rings. The van der Waals surface area contributed by atoms with E-state index in [-0.39, 0.29) is 47.9 Å². The van der Waals surface area contributed by atoms with Gasteiger partial charge in [0.15, 0.2) is 17.4 Å².